The van der Waals surface area contributed by atoms with E-state index in [4.69, 9.17) is 4.52 Å². The van der Waals surface area contributed by atoms with Gasteiger partial charge in [0.25, 0.3) is 5.69 Å². The van der Waals surface area contributed by atoms with E-state index in [2.05, 4.69) is 10.1 Å². The lowest BCUT2D eigenvalue weighted by Gasteiger charge is -1.97. The Morgan fingerprint density at radius 3 is 2.74 bits per heavy atom. The van der Waals surface area contributed by atoms with Crippen molar-refractivity contribution in [2.45, 2.75) is 10.6 Å². The summed E-state index contributed by atoms with van der Waals surface area (Å²) < 4.78 is 18.0. The number of nitro benzene ring substituents is 1. The fraction of sp³-hybridized carbons (Fsp3) is 0.0667. The molecule has 3 rings (SSSR count). The monoisotopic (exact) mass is 331 g/mol. The van der Waals surface area contributed by atoms with Crippen molar-refractivity contribution in [3.8, 4) is 11.4 Å². The third-order valence-electron chi connectivity index (χ3n) is 2.96. The molecule has 2 aromatic carbocycles. The Labute approximate surface area is 134 Å². The van der Waals surface area contributed by atoms with Gasteiger partial charge in [0.15, 0.2) is 0 Å². The lowest BCUT2D eigenvalue weighted by molar-refractivity contribution is -0.384. The van der Waals surface area contributed by atoms with Crippen LogP contribution < -0.4 is 0 Å². The van der Waals surface area contributed by atoms with Crippen molar-refractivity contribution in [1.82, 2.24) is 10.1 Å². The molecule has 23 heavy (non-hydrogen) atoms. The van der Waals surface area contributed by atoms with Crippen LogP contribution in [0.25, 0.3) is 11.4 Å². The van der Waals surface area contributed by atoms with Crippen molar-refractivity contribution < 1.29 is 13.8 Å². The van der Waals surface area contributed by atoms with Gasteiger partial charge in [0.2, 0.25) is 11.7 Å². The number of hydrogen-bond acceptors (Lipinski definition) is 6. The molecule has 8 heteroatoms. The van der Waals surface area contributed by atoms with Gasteiger partial charge in [-0.25, -0.2) is 4.39 Å². The topological polar surface area (TPSA) is 82.1 Å². The minimum Gasteiger partial charge on any atom is -0.338 e. The molecule has 116 valence electrons. The SMILES string of the molecule is O=[N+]([O-])c1cccc(-c2noc(CSc3ccc(F)cc3)n2)c1. The summed E-state index contributed by atoms with van der Waals surface area (Å²) in [5.41, 5.74) is 0.482. The Kier molecular flexibility index (Phi) is 4.33. The van der Waals surface area contributed by atoms with Gasteiger partial charge in [-0.2, -0.15) is 4.98 Å². The van der Waals surface area contributed by atoms with E-state index in [0.29, 0.717) is 23.0 Å². The molecule has 1 aromatic heterocycles. The molecule has 6 nitrogen and oxygen atoms in total. The Morgan fingerprint density at radius 1 is 1.22 bits per heavy atom. The zero-order valence-corrected chi connectivity index (χ0v) is 12.5. The number of nitro groups is 1. The standard InChI is InChI=1S/C15H10FN3O3S/c16-11-4-6-13(7-5-11)23-9-14-17-15(18-22-14)10-2-1-3-12(8-10)19(20)21/h1-8H,9H2. The number of halogens is 1. The first-order valence-corrected chi connectivity index (χ1v) is 7.56. The summed E-state index contributed by atoms with van der Waals surface area (Å²) in [6.07, 6.45) is 0. The van der Waals surface area contributed by atoms with E-state index in [1.807, 2.05) is 0 Å². The highest BCUT2D eigenvalue weighted by Crippen LogP contribution is 2.25. The largest absolute Gasteiger partial charge is 0.338 e. The van der Waals surface area contributed by atoms with Gasteiger partial charge < -0.3 is 4.52 Å². The second kappa shape index (κ2) is 6.57. The van der Waals surface area contributed by atoms with Gasteiger partial charge in [0.05, 0.1) is 10.7 Å². The lowest BCUT2D eigenvalue weighted by Crippen LogP contribution is -1.89. The van der Waals surface area contributed by atoms with E-state index < -0.39 is 4.92 Å². The molecule has 0 aliphatic heterocycles. The number of hydrogen-bond donors (Lipinski definition) is 0. The summed E-state index contributed by atoms with van der Waals surface area (Å²) in [5, 5.41) is 14.6. The zero-order chi connectivity index (χ0) is 16.2. The van der Waals surface area contributed by atoms with Crippen molar-refractivity contribution in [3.63, 3.8) is 0 Å². The quantitative estimate of drug-likeness (QED) is 0.398. The fourth-order valence-electron chi connectivity index (χ4n) is 1.87. The Balaban J connectivity index is 1.71. The van der Waals surface area contributed by atoms with Crippen LogP contribution in [0.1, 0.15) is 5.89 Å². The molecule has 0 aliphatic rings. The first-order valence-electron chi connectivity index (χ1n) is 6.57. The first kappa shape index (κ1) is 15.2. The predicted octanol–water partition coefficient (Wildman–Crippen LogP) is 4.08. The third kappa shape index (κ3) is 3.72. The van der Waals surface area contributed by atoms with E-state index in [1.54, 1.807) is 24.3 Å². The second-order valence-corrected chi connectivity index (χ2v) is 5.61. The minimum absolute atomic E-state index is 0.0328. The van der Waals surface area contributed by atoms with Crippen LogP contribution in [0.15, 0.2) is 57.9 Å². The van der Waals surface area contributed by atoms with Crippen molar-refractivity contribution in [2.24, 2.45) is 0 Å². The van der Waals surface area contributed by atoms with Crippen LogP contribution in [-0.2, 0) is 5.75 Å². The molecule has 1 heterocycles. The van der Waals surface area contributed by atoms with Crippen molar-refractivity contribution >= 4 is 17.4 Å². The number of non-ortho nitro benzene ring substituents is 1. The molecule has 3 aromatic rings. The average Bonchev–Trinajstić information content (AvgIpc) is 3.03. The molecule has 0 atom stereocenters. The predicted molar refractivity (Wildman–Crippen MR) is 82.3 cm³/mol. The van der Waals surface area contributed by atoms with Crippen LogP contribution in [0, 0.1) is 15.9 Å². The summed E-state index contributed by atoms with van der Waals surface area (Å²) in [4.78, 5) is 15.4. The number of aromatic nitrogens is 2. The molecule has 0 bridgehead atoms. The summed E-state index contributed by atoms with van der Waals surface area (Å²) in [7, 11) is 0. The normalized spacial score (nSPS) is 10.7. The molecule has 0 unspecified atom stereocenters. The molecule has 0 N–H and O–H groups in total. The maximum Gasteiger partial charge on any atom is 0.270 e. The highest BCUT2D eigenvalue weighted by molar-refractivity contribution is 7.98. The lowest BCUT2D eigenvalue weighted by atomic mass is 10.2. The average molecular weight is 331 g/mol. The van der Waals surface area contributed by atoms with E-state index in [0.717, 1.165) is 4.90 Å². The molecular weight excluding hydrogens is 321 g/mol. The van der Waals surface area contributed by atoms with E-state index in [1.165, 1.54) is 36.0 Å². The third-order valence-corrected chi connectivity index (χ3v) is 3.96. The van der Waals surface area contributed by atoms with Crippen molar-refractivity contribution in [3.05, 3.63) is 70.4 Å². The van der Waals surface area contributed by atoms with E-state index in [-0.39, 0.29) is 11.5 Å². The summed E-state index contributed by atoms with van der Waals surface area (Å²) in [5.74, 6) is 0.817. The van der Waals surface area contributed by atoms with Crippen molar-refractivity contribution in [2.75, 3.05) is 0 Å². The smallest absolute Gasteiger partial charge is 0.270 e. The second-order valence-electron chi connectivity index (χ2n) is 4.56. The molecule has 0 radical (unpaired) electrons. The molecule has 0 saturated carbocycles. The molecule has 0 saturated heterocycles. The summed E-state index contributed by atoms with van der Waals surface area (Å²) >= 11 is 1.43. The summed E-state index contributed by atoms with van der Waals surface area (Å²) in [6, 6.07) is 12.1. The Hall–Kier alpha value is -2.74. The molecule has 0 spiro atoms. The highest BCUT2D eigenvalue weighted by atomic mass is 32.2. The fourth-order valence-corrected chi connectivity index (χ4v) is 2.60. The van der Waals surface area contributed by atoms with Gasteiger partial charge in [-0.05, 0) is 24.3 Å². The van der Waals surface area contributed by atoms with Crippen LogP contribution in [0.4, 0.5) is 10.1 Å². The number of benzene rings is 2. The van der Waals surface area contributed by atoms with E-state index in [9.17, 15) is 14.5 Å². The Morgan fingerprint density at radius 2 is 2.00 bits per heavy atom. The Bertz CT molecular complexity index is 836. The van der Waals surface area contributed by atoms with E-state index >= 15 is 0 Å². The van der Waals surface area contributed by atoms with Crippen LogP contribution in [0.2, 0.25) is 0 Å². The molecule has 0 amide bonds. The van der Waals surface area contributed by atoms with Gasteiger partial charge in [-0.3, -0.25) is 10.1 Å². The summed E-state index contributed by atoms with van der Waals surface area (Å²) in [6.45, 7) is 0. The van der Waals surface area contributed by atoms with Gasteiger partial charge in [0, 0.05) is 22.6 Å². The molecule has 0 aliphatic carbocycles. The van der Waals surface area contributed by atoms with Crippen molar-refractivity contribution in [1.29, 1.82) is 0 Å². The molecule has 0 fully saturated rings. The zero-order valence-electron chi connectivity index (χ0n) is 11.7. The minimum atomic E-state index is -0.477. The maximum atomic E-state index is 12.8. The van der Waals surface area contributed by atoms with Gasteiger partial charge in [0.1, 0.15) is 5.82 Å². The highest BCUT2D eigenvalue weighted by Gasteiger charge is 2.12. The number of nitrogens with zero attached hydrogens (tertiary/aromatic N) is 3. The van der Waals surface area contributed by atoms with Crippen LogP contribution in [0.3, 0.4) is 0 Å². The number of thioether (sulfide) groups is 1. The van der Waals surface area contributed by atoms with Gasteiger partial charge in [-0.15, -0.1) is 11.8 Å². The van der Waals surface area contributed by atoms with Crippen LogP contribution in [-0.4, -0.2) is 15.1 Å². The van der Waals surface area contributed by atoms with Crippen LogP contribution in [0.5, 0.6) is 0 Å². The first-order chi connectivity index (χ1) is 11.1. The maximum absolute atomic E-state index is 12.8. The molecular formula is C15H10FN3O3S. The van der Waals surface area contributed by atoms with Crippen LogP contribution >= 0.6 is 11.8 Å². The number of rotatable bonds is 5. The van der Waals surface area contributed by atoms with Gasteiger partial charge in [-0.1, -0.05) is 17.3 Å². The van der Waals surface area contributed by atoms with Gasteiger partial charge >= 0.3 is 0 Å².